The highest BCUT2D eigenvalue weighted by Crippen LogP contribution is 2.23. The van der Waals surface area contributed by atoms with E-state index >= 15 is 0 Å². The zero-order valence-electron chi connectivity index (χ0n) is 10.0. The van der Waals surface area contributed by atoms with Crippen molar-refractivity contribution in [2.24, 2.45) is 5.73 Å². The van der Waals surface area contributed by atoms with Crippen molar-refractivity contribution in [3.8, 4) is 0 Å². The molecular formula is C12H18N4O. The summed E-state index contributed by atoms with van der Waals surface area (Å²) in [5.74, 6) is 0.0938. The van der Waals surface area contributed by atoms with Gasteiger partial charge in [-0.25, -0.2) is 0 Å². The molecule has 0 unspecified atom stereocenters. The average Bonchev–Trinajstić information content (AvgIpc) is 2.39. The summed E-state index contributed by atoms with van der Waals surface area (Å²) in [6, 6.07) is 1.79. The van der Waals surface area contributed by atoms with Crippen LogP contribution in [0, 0.1) is 5.41 Å². The summed E-state index contributed by atoms with van der Waals surface area (Å²) < 4.78 is 5.34. The molecule has 5 nitrogen and oxygen atoms in total. The van der Waals surface area contributed by atoms with Gasteiger partial charge in [0.1, 0.15) is 5.84 Å². The maximum atomic E-state index is 7.57. The number of hydrogen-bond acceptors (Lipinski definition) is 4. The molecule has 1 saturated heterocycles. The Bertz CT molecular complexity index is 399. The molecule has 1 aromatic rings. The number of nitrogens with one attached hydrogen (secondary N) is 1. The van der Waals surface area contributed by atoms with Crippen molar-refractivity contribution < 1.29 is 4.74 Å². The van der Waals surface area contributed by atoms with E-state index in [1.165, 1.54) is 0 Å². The van der Waals surface area contributed by atoms with Crippen LogP contribution in [0.3, 0.4) is 0 Å². The molecule has 3 N–H and O–H groups in total. The monoisotopic (exact) mass is 234 g/mol. The smallest absolute Gasteiger partial charge is 0.125 e. The van der Waals surface area contributed by atoms with Crippen LogP contribution in [0.1, 0.15) is 18.4 Å². The first-order valence-corrected chi connectivity index (χ1v) is 5.78. The van der Waals surface area contributed by atoms with Gasteiger partial charge in [-0.3, -0.25) is 10.4 Å². The van der Waals surface area contributed by atoms with Crippen molar-refractivity contribution in [1.82, 2.24) is 4.98 Å². The van der Waals surface area contributed by atoms with E-state index in [9.17, 15) is 0 Å². The van der Waals surface area contributed by atoms with E-state index in [1.807, 2.05) is 0 Å². The Balaban J connectivity index is 2.15. The van der Waals surface area contributed by atoms with Gasteiger partial charge in [0.05, 0.1) is 18.0 Å². The van der Waals surface area contributed by atoms with Crippen LogP contribution in [-0.2, 0) is 4.74 Å². The van der Waals surface area contributed by atoms with Crippen molar-refractivity contribution in [3.05, 3.63) is 24.0 Å². The summed E-state index contributed by atoms with van der Waals surface area (Å²) in [6.07, 6.45) is 5.81. The van der Waals surface area contributed by atoms with Gasteiger partial charge >= 0.3 is 0 Å². The lowest BCUT2D eigenvalue weighted by atomic mass is 10.1. The molecular weight excluding hydrogens is 216 g/mol. The molecule has 5 heteroatoms. The lowest BCUT2D eigenvalue weighted by Gasteiger charge is -2.33. The largest absolute Gasteiger partial charge is 0.384 e. The van der Waals surface area contributed by atoms with Gasteiger partial charge in [-0.2, -0.15) is 0 Å². The molecule has 0 radical (unpaired) electrons. The summed E-state index contributed by atoms with van der Waals surface area (Å²) in [7, 11) is 1.76. The number of aromatic nitrogens is 1. The first kappa shape index (κ1) is 11.9. The van der Waals surface area contributed by atoms with Gasteiger partial charge in [-0.15, -0.1) is 0 Å². The first-order valence-electron chi connectivity index (χ1n) is 5.78. The highest BCUT2D eigenvalue weighted by Gasteiger charge is 2.21. The van der Waals surface area contributed by atoms with Crippen molar-refractivity contribution in [3.63, 3.8) is 0 Å². The molecule has 92 valence electrons. The minimum absolute atomic E-state index is 0.0938. The van der Waals surface area contributed by atoms with Crippen LogP contribution in [0.2, 0.25) is 0 Å². The molecule has 0 aromatic carbocycles. The van der Waals surface area contributed by atoms with Crippen LogP contribution in [0.5, 0.6) is 0 Å². The van der Waals surface area contributed by atoms with Crippen molar-refractivity contribution in [2.75, 3.05) is 25.1 Å². The molecule has 0 aliphatic carbocycles. The van der Waals surface area contributed by atoms with Gasteiger partial charge in [0.2, 0.25) is 0 Å². The van der Waals surface area contributed by atoms with E-state index in [1.54, 1.807) is 25.6 Å². The third-order valence-electron chi connectivity index (χ3n) is 3.21. The number of piperidine rings is 1. The molecule has 1 aliphatic heterocycles. The lowest BCUT2D eigenvalue weighted by Crippen LogP contribution is -2.37. The van der Waals surface area contributed by atoms with Gasteiger partial charge in [-0.1, -0.05) is 0 Å². The molecule has 0 saturated carbocycles. The Labute approximate surface area is 101 Å². The molecule has 0 atom stereocenters. The number of nitrogens with zero attached hydrogens (tertiary/aromatic N) is 2. The number of amidine groups is 1. The number of nitrogens with two attached hydrogens (primary N) is 1. The van der Waals surface area contributed by atoms with E-state index in [0.717, 1.165) is 37.2 Å². The highest BCUT2D eigenvalue weighted by atomic mass is 16.5. The Morgan fingerprint density at radius 3 is 2.82 bits per heavy atom. The van der Waals surface area contributed by atoms with Crippen LogP contribution in [-0.4, -0.2) is 37.1 Å². The Morgan fingerprint density at radius 1 is 1.53 bits per heavy atom. The number of rotatable bonds is 3. The predicted octanol–water partition coefficient (Wildman–Crippen LogP) is 0.981. The van der Waals surface area contributed by atoms with Crippen LogP contribution in [0.15, 0.2) is 18.5 Å². The summed E-state index contributed by atoms with van der Waals surface area (Å²) in [6.45, 7) is 1.84. The summed E-state index contributed by atoms with van der Waals surface area (Å²) in [4.78, 5) is 6.34. The van der Waals surface area contributed by atoms with E-state index in [0.29, 0.717) is 6.10 Å². The highest BCUT2D eigenvalue weighted by molar-refractivity contribution is 6.00. The Hall–Kier alpha value is -1.62. The van der Waals surface area contributed by atoms with E-state index in [2.05, 4.69) is 9.88 Å². The standard InChI is InChI=1S/C12H18N4O/c1-17-9-3-6-16(7-4-9)11-8-15-5-2-10(11)12(13)14/h2,5,8-9H,3-4,6-7H2,1H3,(H3,13,14). The number of nitrogen functional groups attached to an aromatic ring is 1. The van der Waals surface area contributed by atoms with Crippen molar-refractivity contribution in [1.29, 1.82) is 5.41 Å². The second-order valence-electron chi connectivity index (χ2n) is 4.23. The number of hydrogen-bond donors (Lipinski definition) is 2. The fraction of sp³-hybridized carbons (Fsp3) is 0.500. The second-order valence-corrected chi connectivity index (χ2v) is 4.23. The lowest BCUT2D eigenvalue weighted by molar-refractivity contribution is 0.0819. The summed E-state index contributed by atoms with van der Waals surface area (Å²) in [5.41, 5.74) is 7.29. The zero-order chi connectivity index (χ0) is 12.3. The molecule has 0 bridgehead atoms. The molecule has 0 spiro atoms. The topological polar surface area (TPSA) is 75.2 Å². The number of anilines is 1. The van der Waals surface area contributed by atoms with Gasteiger partial charge in [-0.05, 0) is 18.9 Å². The van der Waals surface area contributed by atoms with Crippen LogP contribution in [0.25, 0.3) is 0 Å². The molecule has 1 aliphatic rings. The van der Waals surface area contributed by atoms with Gasteiger partial charge in [0, 0.05) is 32.0 Å². The number of methoxy groups -OCH3 is 1. The van der Waals surface area contributed by atoms with Gasteiger partial charge in [0.25, 0.3) is 0 Å². The van der Waals surface area contributed by atoms with Crippen LogP contribution >= 0.6 is 0 Å². The first-order chi connectivity index (χ1) is 8.22. The van der Waals surface area contributed by atoms with E-state index in [4.69, 9.17) is 15.9 Å². The molecule has 1 aromatic heterocycles. The van der Waals surface area contributed by atoms with Gasteiger partial charge < -0.3 is 15.4 Å². The van der Waals surface area contributed by atoms with E-state index < -0.39 is 0 Å². The Kier molecular flexibility index (Phi) is 3.58. The SMILES string of the molecule is COC1CCN(c2cnccc2C(=N)N)CC1. The predicted molar refractivity (Wildman–Crippen MR) is 67.5 cm³/mol. The third-order valence-corrected chi connectivity index (χ3v) is 3.21. The minimum Gasteiger partial charge on any atom is -0.384 e. The molecule has 0 amide bonds. The normalized spacial score (nSPS) is 17.1. The van der Waals surface area contributed by atoms with Crippen LogP contribution in [0.4, 0.5) is 5.69 Å². The summed E-state index contributed by atoms with van der Waals surface area (Å²) in [5, 5.41) is 7.57. The van der Waals surface area contributed by atoms with Crippen LogP contribution < -0.4 is 10.6 Å². The zero-order valence-corrected chi connectivity index (χ0v) is 10.0. The van der Waals surface area contributed by atoms with Crippen molar-refractivity contribution >= 4 is 11.5 Å². The molecule has 17 heavy (non-hydrogen) atoms. The molecule has 2 rings (SSSR count). The fourth-order valence-electron chi connectivity index (χ4n) is 2.20. The quantitative estimate of drug-likeness (QED) is 0.604. The number of pyridine rings is 1. The van der Waals surface area contributed by atoms with E-state index in [-0.39, 0.29) is 5.84 Å². The Morgan fingerprint density at radius 2 is 2.24 bits per heavy atom. The minimum atomic E-state index is 0.0938. The fourth-order valence-corrected chi connectivity index (χ4v) is 2.20. The van der Waals surface area contributed by atoms with Gasteiger partial charge in [0.15, 0.2) is 0 Å². The summed E-state index contributed by atoms with van der Waals surface area (Å²) >= 11 is 0. The number of ether oxygens (including phenoxy) is 1. The third kappa shape index (κ3) is 2.55. The maximum absolute atomic E-state index is 7.57. The average molecular weight is 234 g/mol. The molecule has 1 fully saturated rings. The maximum Gasteiger partial charge on any atom is 0.125 e. The molecule has 2 heterocycles. The second kappa shape index (κ2) is 5.14. The van der Waals surface area contributed by atoms with Crippen molar-refractivity contribution in [2.45, 2.75) is 18.9 Å².